The van der Waals surface area contributed by atoms with E-state index in [1.807, 2.05) is 11.3 Å². The van der Waals surface area contributed by atoms with Crippen LogP contribution in [0, 0.1) is 13.8 Å². The molecule has 17 heavy (non-hydrogen) atoms. The van der Waals surface area contributed by atoms with E-state index in [1.54, 1.807) is 0 Å². The lowest BCUT2D eigenvalue weighted by molar-refractivity contribution is 0.417. The zero-order valence-electron chi connectivity index (χ0n) is 11.2. The highest BCUT2D eigenvalue weighted by molar-refractivity contribution is 7.99. The van der Waals surface area contributed by atoms with E-state index in [4.69, 9.17) is 0 Å². The van der Waals surface area contributed by atoms with E-state index in [2.05, 4.69) is 50.8 Å². The van der Waals surface area contributed by atoms with Crippen LogP contribution in [-0.4, -0.2) is 17.0 Å². The molecule has 3 heteroatoms. The van der Waals surface area contributed by atoms with Gasteiger partial charge in [-0.15, -0.1) is 11.3 Å². The maximum atomic E-state index is 3.82. The fourth-order valence-corrected chi connectivity index (χ4v) is 4.81. The van der Waals surface area contributed by atoms with Gasteiger partial charge in [-0.3, -0.25) is 0 Å². The largest absolute Gasteiger partial charge is 0.306 e. The molecule has 1 nitrogen and oxygen atoms in total. The Morgan fingerprint density at radius 2 is 2.18 bits per heavy atom. The average Bonchev–Trinajstić information content (AvgIpc) is 2.61. The third kappa shape index (κ3) is 3.27. The molecule has 1 saturated heterocycles. The highest BCUT2D eigenvalue weighted by Gasteiger charge is 2.24. The molecule has 0 aromatic carbocycles. The number of nitrogens with one attached hydrogen (secondary N) is 1. The molecule has 96 valence electrons. The van der Waals surface area contributed by atoms with Gasteiger partial charge < -0.3 is 5.32 Å². The van der Waals surface area contributed by atoms with Gasteiger partial charge in [0.15, 0.2) is 0 Å². The molecule has 0 spiro atoms. The van der Waals surface area contributed by atoms with Crippen LogP contribution in [0.1, 0.15) is 48.0 Å². The number of aryl methyl sites for hydroxylation is 2. The third-order valence-electron chi connectivity index (χ3n) is 3.62. The van der Waals surface area contributed by atoms with Crippen molar-refractivity contribution in [2.45, 2.75) is 57.9 Å². The summed E-state index contributed by atoms with van der Waals surface area (Å²) in [6.45, 7) is 9.11. The molecule has 1 fully saturated rings. The van der Waals surface area contributed by atoms with Crippen LogP contribution in [-0.2, 0) is 0 Å². The lowest BCUT2D eigenvalue weighted by atomic mass is 10.0. The highest BCUT2D eigenvalue weighted by Crippen LogP contribution is 2.30. The van der Waals surface area contributed by atoms with Crippen molar-refractivity contribution in [3.8, 4) is 0 Å². The molecule has 0 radical (unpaired) electrons. The Morgan fingerprint density at radius 3 is 2.76 bits per heavy atom. The van der Waals surface area contributed by atoms with Gasteiger partial charge in [0, 0.05) is 27.1 Å². The molecule has 3 atom stereocenters. The first kappa shape index (κ1) is 13.4. The van der Waals surface area contributed by atoms with Crippen molar-refractivity contribution >= 4 is 23.1 Å². The van der Waals surface area contributed by atoms with Crippen LogP contribution in [0.4, 0.5) is 0 Å². The first-order valence-electron chi connectivity index (χ1n) is 6.52. The second-order valence-electron chi connectivity index (χ2n) is 5.08. The van der Waals surface area contributed by atoms with E-state index in [0.29, 0.717) is 12.1 Å². The summed E-state index contributed by atoms with van der Waals surface area (Å²) >= 11 is 4.03. The summed E-state index contributed by atoms with van der Waals surface area (Å²) in [6, 6.07) is 3.52. The first-order chi connectivity index (χ1) is 8.08. The maximum Gasteiger partial charge on any atom is 0.0305 e. The zero-order chi connectivity index (χ0) is 12.4. The van der Waals surface area contributed by atoms with Crippen molar-refractivity contribution in [2.24, 2.45) is 0 Å². The molecule has 1 aromatic heterocycles. The van der Waals surface area contributed by atoms with Gasteiger partial charge in [0.2, 0.25) is 0 Å². The molecular formula is C14H23NS2. The van der Waals surface area contributed by atoms with E-state index < -0.39 is 0 Å². The first-order valence-corrected chi connectivity index (χ1v) is 8.39. The van der Waals surface area contributed by atoms with Crippen LogP contribution >= 0.6 is 23.1 Å². The number of thioether (sulfide) groups is 1. The highest BCUT2D eigenvalue weighted by atomic mass is 32.2. The summed E-state index contributed by atoms with van der Waals surface area (Å²) in [5.41, 5.74) is 1.50. The van der Waals surface area contributed by atoms with Gasteiger partial charge in [-0.25, -0.2) is 0 Å². The summed E-state index contributed by atoms with van der Waals surface area (Å²) in [5.74, 6) is 1.34. The minimum atomic E-state index is 0.492. The van der Waals surface area contributed by atoms with Crippen molar-refractivity contribution in [1.29, 1.82) is 0 Å². The summed E-state index contributed by atoms with van der Waals surface area (Å²) in [4.78, 5) is 2.90. The molecule has 0 saturated carbocycles. The molecule has 1 aromatic rings. The van der Waals surface area contributed by atoms with Crippen LogP contribution < -0.4 is 5.32 Å². The van der Waals surface area contributed by atoms with Crippen LogP contribution in [0.5, 0.6) is 0 Å². The molecule has 2 heterocycles. The van der Waals surface area contributed by atoms with Crippen LogP contribution in [0.15, 0.2) is 6.07 Å². The molecule has 0 aliphatic carbocycles. The Bertz CT molecular complexity index is 372. The predicted molar refractivity (Wildman–Crippen MR) is 80.3 cm³/mol. The van der Waals surface area contributed by atoms with Gasteiger partial charge in [-0.2, -0.15) is 11.8 Å². The smallest absolute Gasteiger partial charge is 0.0305 e. The van der Waals surface area contributed by atoms with Gasteiger partial charge in [0.25, 0.3) is 0 Å². The number of thiophene rings is 1. The summed E-state index contributed by atoms with van der Waals surface area (Å²) < 4.78 is 0. The van der Waals surface area contributed by atoms with E-state index in [1.165, 1.54) is 33.9 Å². The number of rotatable bonds is 3. The summed E-state index contributed by atoms with van der Waals surface area (Å²) in [6.07, 6.45) is 2.70. The molecule has 0 amide bonds. The van der Waals surface area contributed by atoms with Crippen molar-refractivity contribution in [1.82, 2.24) is 5.32 Å². The molecule has 2 rings (SSSR count). The summed E-state index contributed by atoms with van der Waals surface area (Å²) in [7, 11) is 0. The standard InChI is InChI=1S/C14H23NS2/c1-9-8-13(11(3)17-9)10(2)15-14-6-5-7-16-12(14)4/h8,10,12,14-15H,5-7H2,1-4H3. The monoisotopic (exact) mass is 269 g/mol. The fourth-order valence-electron chi connectivity index (χ4n) is 2.63. The second-order valence-corrected chi connectivity index (χ2v) is 8.03. The van der Waals surface area contributed by atoms with E-state index in [0.717, 1.165) is 5.25 Å². The fraction of sp³-hybridized carbons (Fsp3) is 0.714. The van der Waals surface area contributed by atoms with E-state index in [-0.39, 0.29) is 0 Å². The minimum absolute atomic E-state index is 0.492. The predicted octanol–water partition coefficient (Wildman–Crippen LogP) is 4.30. The Morgan fingerprint density at radius 1 is 1.41 bits per heavy atom. The molecule has 1 N–H and O–H groups in total. The van der Waals surface area contributed by atoms with Crippen molar-refractivity contribution < 1.29 is 0 Å². The molecule has 1 aliphatic heterocycles. The maximum absolute atomic E-state index is 3.82. The molecule has 1 aliphatic rings. The van der Waals surface area contributed by atoms with Crippen LogP contribution in [0.25, 0.3) is 0 Å². The van der Waals surface area contributed by atoms with Gasteiger partial charge in [-0.05, 0) is 51.0 Å². The van der Waals surface area contributed by atoms with E-state index in [9.17, 15) is 0 Å². The molecule has 0 bridgehead atoms. The van der Waals surface area contributed by atoms with Gasteiger partial charge >= 0.3 is 0 Å². The number of hydrogen-bond acceptors (Lipinski definition) is 3. The van der Waals surface area contributed by atoms with E-state index >= 15 is 0 Å². The van der Waals surface area contributed by atoms with Gasteiger partial charge in [0.1, 0.15) is 0 Å². The Kier molecular flexibility index (Phi) is 4.56. The van der Waals surface area contributed by atoms with Gasteiger partial charge in [0.05, 0.1) is 0 Å². The van der Waals surface area contributed by atoms with Crippen LogP contribution in [0.2, 0.25) is 0 Å². The second kappa shape index (κ2) is 5.77. The normalized spacial score (nSPS) is 27.1. The molecular weight excluding hydrogens is 246 g/mol. The lowest BCUT2D eigenvalue weighted by Crippen LogP contribution is -2.40. The van der Waals surface area contributed by atoms with Crippen molar-refractivity contribution in [3.05, 3.63) is 21.4 Å². The average molecular weight is 269 g/mol. The number of hydrogen-bond donors (Lipinski definition) is 1. The van der Waals surface area contributed by atoms with Gasteiger partial charge in [-0.1, -0.05) is 6.92 Å². The minimum Gasteiger partial charge on any atom is -0.306 e. The Labute approximate surface area is 113 Å². The Hall–Kier alpha value is 0.01000. The topological polar surface area (TPSA) is 12.0 Å². The molecule has 3 unspecified atom stereocenters. The zero-order valence-corrected chi connectivity index (χ0v) is 12.9. The SMILES string of the molecule is Cc1cc(C(C)NC2CCCSC2C)c(C)s1. The third-order valence-corrected chi connectivity index (χ3v) is 5.98. The summed E-state index contributed by atoms with van der Waals surface area (Å²) in [5, 5.41) is 4.58. The lowest BCUT2D eigenvalue weighted by Gasteiger charge is -2.32. The van der Waals surface area contributed by atoms with Crippen LogP contribution in [0.3, 0.4) is 0 Å². The van der Waals surface area contributed by atoms with Crippen molar-refractivity contribution in [3.63, 3.8) is 0 Å². The quantitative estimate of drug-likeness (QED) is 0.878. The van der Waals surface area contributed by atoms with Crippen molar-refractivity contribution in [2.75, 3.05) is 5.75 Å². The Balaban J connectivity index is 2.00.